The molecule has 18 heavy (non-hydrogen) atoms. The number of rotatable bonds is 5. The molecule has 0 radical (unpaired) electrons. The van der Waals surface area contributed by atoms with Gasteiger partial charge < -0.3 is 9.88 Å². The first kappa shape index (κ1) is 13.9. The number of hydrogen-bond donors (Lipinski definition) is 1. The lowest BCUT2D eigenvalue weighted by Crippen LogP contribution is -2.39. The molecule has 1 N–H and O–H groups in total. The minimum Gasteiger partial charge on any atom is -0.330 e. The van der Waals surface area contributed by atoms with Crippen molar-refractivity contribution in [1.29, 1.82) is 0 Å². The molecule has 1 atom stereocenters. The van der Waals surface area contributed by atoms with Gasteiger partial charge in [-0.2, -0.15) is 11.8 Å². The fraction of sp³-hybridized carbons (Fsp3) is 0.786. The van der Waals surface area contributed by atoms with Crippen molar-refractivity contribution in [2.45, 2.75) is 45.1 Å². The van der Waals surface area contributed by atoms with Gasteiger partial charge in [-0.05, 0) is 38.6 Å². The van der Waals surface area contributed by atoms with Gasteiger partial charge in [0.25, 0.3) is 0 Å². The molecule has 2 heterocycles. The lowest BCUT2D eigenvalue weighted by Gasteiger charge is -2.35. The van der Waals surface area contributed by atoms with Crippen LogP contribution in [0, 0.1) is 0 Å². The number of hydrogen-bond acceptors (Lipinski definition) is 3. The highest BCUT2D eigenvalue weighted by molar-refractivity contribution is 7.99. The molecule has 1 aliphatic rings. The maximum atomic E-state index is 4.40. The molecule has 1 aliphatic heterocycles. The largest absolute Gasteiger partial charge is 0.330 e. The quantitative estimate of drug-likeness (QED) is 0.889. The van der Waals surface area contributed by atoms with E-state index in [2.05, 4.69) is 41.8 Å². The van der Waals surface area contributed by atoms with Gasteiger partial charge in [0.1, 0.15) is 0 Å². The summed E-state index contributed by atoms with van der Waals surface area (Å²) in [7, 11) is 0. The van der Waals surface area contributed by atoms with Crippen molar-refractivity contribution < 1.29 is 0 Å². The number of nitrogens with zero attached hydrogens (tertiary/aromatic N) is 2. The van der Waals surface area contributed by atoms with Crippen molar-refractivity contribution in [2.75, 3.05) is 24.6 Å². The number of nitrogens with one attached hydrogen (secondary N) is 1. The first-order chi connectivity index (χ1) is 8.67. The van der Waals surface area contributed by atoms with E-state index < -0.39 is 0 Å². The summed E-state index contributed by atoms with van der Waals surface area (Å²) in [5, 5.41) is 3.45. The maximum absolute atomic E-state index is 4.40. The zero-order valence-corrected chi connectivity index (χ0v) is 12.6. The van der Waals surface area contributed by atoms with Crippen LogP contribution in [0.3, 0.4) is 0 Å². The van der Waals surface area contributed by atoms with Gasteiger partial charge in [-0.15, -0.1) is 0 Å². The first-order valence-corrected chi connectivity index (χ1v) is 8.13. The monoisotopic (exact) mass is 267 g/mol. The van der Waals surface area contributed by atoms with Gasteiger partial charge in [-0.25, -0.2) is 4.98 Å². The average Bonchev–Trinajstić information content (AvgIpc) is 2.87. The van der Waals surface area contributed by atoms with E-state index in [0.29, 0.717) is 11.5 Å². The lowest BCUT2D eigenvalue weighted by molar-refractivity contribution is 0.312. The smallest absolute Gasteiger partial charge is 0.0951 e. The van der Waals surface area contributed by atoms with Crippen LogP contribution in [0.2, 0.25) is 0 Å². The van der Waals surface area contributed by atoms with Crippen LogP contribution < -0.4 is 5.32 Å². The molecule has 1 saturated heterocycles. The molecular formula is C14H25N3S. The molecule has 0 spiro atoms. The number of aromatic nitrogens is 2. The second-order valence-electron chi connectivity index (χ2n) is 5.51. The van der Waals surface area contributed by atoms with Crippen LogP contribution in [0.25, 0.3) is 0 Å². The molecule has 4 heteroatoms. The summed E-state index contributed by atoms with van der Waals surface area (Å²) in [6.07, 6.45) is 6.53. The van der Waals surface area contributed by atoms with Gasteiger partial charge in [0.2, 0.25) is 0 Å². The second kappa shape index (κ2) is 6.11. The zero-order valence-electron chi connectivity index (χ0n) is 11.8. The van der Waals surface area contributed by atoms with Crippen molar-refractivity contribution in [3.8, 4) is 0 Å². The van der Waals surface area contributed by atoms with E-state index in [9.17, 15) is 0 Å². The third kappa shape index (κ3) is 2.91. The lowest BCUT2D eigenvalue weighted by atomic mass is 9.78. The Morgan fingerprint density at radius 2 is 2.22 bits per heavy atom. The van der Waals surface area contributed by atoms with Crippen LogP contribution in [0.4, 0.5) is 0 Å². The maximum Gasteiger partial charge on any atom is 0.0951 e. The summed E-state index contributed by atoms with van der Waals surface area (Å²) in [6.45, 7) is 9.17. The van der Waals surface area contributed by atoms with Gasteiger partial charge in [0.05, 0.1) is 6.33 Å². The molecule has 1 aromatic rings. The topological polar surface area (TPSA) is 29.9 Å². The molecule has 2 rings (SSSR count). The fourth-order valence-corrected chi connectivity index (χ4v) is 3.46. The van der Waals surface area contributed by atoms with Crippen LogP contribution in [0.15, 0.2) is 12.5 Å². The molecule has 3 nitrogen and oxygen atoms in total. The first-order valence-electron chi connectivity index (χ1n) is 6.98. The number of thioether (sulfide) groups is 1. The van der Waals surface area contributed by atoms with E-state index in [1.165, 1.54) is 30.0 Å². The van der Waals surface area contributed by atoms with E-state index in [1.807, 2.05) is 18.1 Å². The van der Waals surface area contributed by atoms with Gasteiger partial charge in [-0.1, -0.05) is 13.8 Å². The molecule has 0 aliphatic carbocycles. The zero-order chi connectivity index (χ0) is 13.0. The molecule has 1 aromatic heterocycles. The Hall–Kier alpha value is -0.480. The summed E-state index contributed by atoms with van der Waals surface area (Å²) < 4.78 is 2.40. The van der Waals surface area contributed by atoms with Gasteiger partial charge in [0, 0.05) is 29.1 Å². The summed E-state index contributed by atoms with van der Waals surface area (Å²) >= 11 is 2.01. The van der Waals surface area contributed by atoms with Crippen molar-refractivity contribution in [1.82, 2.24) is 14.9 Å². The van der Waals surface area contributed by atoms with Gasteiger partial charge in [-0.3, -0.25) is 0 Å². The van der Waals surface area contributed by atoms with E-state index in [0.717, 1.165) is 13.1 Å². The average molecular weight is 267 g/mol. The molecule has 0 bridgehead atoms. The molecule has 102 valence electrons. The van der Waals surface area contributed by atoms with Crippen molar-refractivity contribution in [3.05, 3.63) is 18.2 Å². The Kier molecular flexibility index (Phi) is 4.73. The van der Waals surface area contributed by atoms with Crippen molar-refractivity contribution >= 4 is 11.8 Å². The summed E-state index contributed by atoms with van der Waals surface area (Å²) in [4.78, 5) is 4.40. The van der Waals surface area contributed by atoms with Crippen LogP contribution >= 0.6 is 11.8 Å². The third-order valence-electron chi connectivity index (χ3n) is 4.03. The Bertz CT molecular complexity index is 369. The number of piperidine rings is 1. The van der Waals surface area contributed by atoms with Crippen LogP contribution in [0.1, 0.15) is 45.3 Å². The molecule has 0 amide bonds. The van der Waals surface area contributed by atoms with Crippen LogP contribution in [0.5, 0.6) is 0 Å². The predicted octanol–water partition coefficient (Wildman–Crippen LogP) is 2.84. The van der Waals surface area contributed by atoms with E-state index in [4.69, 9.17) is 0 Å². The minimum absolute atomic E-state index is 0.299. The highest BCUT2D eigenvalue weighted by atomic mass is 32.2. The Labute approximate surface area is 115 Å². The normalized spacial score (nSPS) is 20.8. The van der Waals surface area contributed by atoms with Gasteiger partial charge in [0.15, 0.2) is 0 Å². The van der Waals surface area contributed by atoms with Crippen molar-refractivity contribution in [3.63, 3.8) is 0 Å². The standard InChI is InChI=1S/C14H25N3S/c1-4-18-10-12(2)17-11-16-9-13(17)14(3)5-7-15-8-6-14/h9,11-12,15H,4-8,10H2,1-3H3. The molecule has 0 saturated carbocycles. The van der Waals surface area contributed by atoms with Crippen LogP contribution in [-0.2, 0) is 5.41 Å². The fourth-order valence-electron chi connectivity index (χ4n) is 2.73. The Morgan fingerprint density at radius 3 is 2.89 bits per heavy atom. The van der Waals surface area contributed by atoms with E-state index >= 15 is 0 Å². The molecule has 1 unspecified atom stereocenters. The van der Waals surface area contributed by atoms with Gasteiger partial charge >= 0.3 is 0 Å². The highest BCUT2D eigenvalue weighted by Crippen LogP contribution is 2.34. The van der Waals surface area contributed by atoms with E-state index in [1.54, 1.807) is 0 Å². The SMILES string of the molecule is CCSCC(C)n1cncc1C1(C)CCNCC1. The predicted molar refractivity (Wildman–Crippen MR) is 79.4 cm³/mol. The Morgan fingerprint density at radius 1 is 1.50 bits per heavy atom. The summed E-state index contributed by atoms with van der Waals surface area (Å²) in [6, 6.07) is 0.541. The highest BCUT2D eigenvalue weighted by Gasteiger charge is 2.32. The van der Waals surface area contributed by atoms with E-state index in [-0.39, 0.29) is 0 Å². The molecular weight excluding hydrogens is 242 g/mol. The third-order valence-corrected chi connectivity index (χ3v) is 5.16. The molecule has 1 fully saturated rings. The Balaban J connectivity index is 2.15. The minimum atomic E-state index is 0.299. The summed E-state index contributed by atoms with van der Waals surface area (Å²) in [5.74, 6) is 2.36. The summed E-state index contributed by atoms with van der Waals surface area (Å²) in [5.41, 5.74) is 1.72. The molecule has 0 aromatic carbocycles. The van der Waals surface area contributed by atoms with Crippen molar-refractivity contribution in [2.24, 2.45) is 0 Å². The van der Waals surface area contributed by atoms with Crippen LogP contribution in [-0.4, -0.2) is 34.1 Å². The second-order valence-corrected chi connectivity index (χ2v) is 6.82. The number of imidazole rings is 1.